The van der Waals surface area contributed by atoms with E-state index in [9.17, 15) is 4.79 Å². The molecule has 0 unspecified atom stereocenters. The molecule has 0 atom stereocenters. The Morgan fingerprint density at radius 1 is 1.38 bits per heavy atom. The van der Waals surface area contributed by atoms with Gasteiger partial charge in [0.25, 0.3) is 5.19 Å². The number of hydrogen-bond donors (Lipinski definition) is 0. The van der Waals surface area contributed by atoms with Crippen molar-refractivity contribution in [2.24, 2.45) is 0 Å². The van der Waals surface area contributed by atoms with Crippen molar-refractivity contribution in [2.75, 3.05) is 0 Å². The third-order valence-corrected chi connectivity index (χ3v) is 3.19. The van der Waals surface area contributed by atoms with Crippen LogP contribution in [0.15, 0.2) is 24.3 Å². The fraction of sp³-hybridized carbons (Fsp3) is 0. The van der Waals surface area contributed by atoms with E-state index in [0.29, 0.717) is 27.1 Å². The summed E-state index contributed by atoms with van der Waals surface area (Å²) in [5, 5.41) is 1.03. The van der Waals surface area contributed by atoms with Crippen molar-refractivity contribution in [1.82, 2.24) is 4.98 Å². The van der Waals surface area contributed by atoms with Crippen LogP contribution < -0.4 is 4.74 Å². The molecule has 2 rings (SSSR count). The van der Waals surface area contributed by atoms with Gasteiger partial charge in [-0.05, 0) is 18.2 Å². The molecule has 0 aliphatic carbocycles. The zero-order valence-electron chi connectivity index (χ0n) is 7.81. The van der Waals surface area contributed by atoms with Gasteiger partial charge in [-0.15, -0.1) is 0 Å². The highest BCUT2D eigenvalue weighted by Gasteiger charge is 2.10. The second-order valence-corrected chi connectivity index (χ2v) is 4.60. The summed E-state index contributed by atoms with van der Waals surface area (Å²) in [5.74, 6) is 0.551. The van der Waals surface area contributed by atoms with Crippen LogP contribution in [-0.4, -0.2) is 11.3 Å². The summed E-state index contributed by atoms with van der Waals surface area (Å²) in [6.07, 6.45) is 0.644. The maximum Gasteiger partial charge on any atom is 0.280 e. The minimum atomic E-state index is 0.150. The average Bonchev–Trinajstić information content (AvgIpc) is 2.58. The van der Waals surface area contributed by atoms with Crippen LogP contribution in [0.2, 0.25) is 10.2 Å². The van der Waals surface area contributed by atoms with Gasteiger partial charge in [-0.2, -0.15) is 4.98 Å². The van der Waals surface area contributed by atoms with Crippen LogP contribution in [0.1, 0.15) is 9.67 Å². The highest BCUT2D eigenvalue weighted by atomic mass is 35.5. The quantitative estimate of drug-likeness (QED) is 0.792. The Bertz CT molecular complexity index is 527. The van der Waals surface area contributed by atoms with E-state index in [2.05, 4.69) is 4.98 Å². The van der Waals surface area contributed by atoms with Gasteiger partial charge in [0.2, 0.25) is 0 Å². The Hall–Kier alpha value is -1.10. The molecule has 0 saturated carbocycles. The fourth-order valence-corrected chi connectivity index (χ4v) is 2.15. The van der Waals surface area contributed by atoms with Gasteiger partial charge in [-0.1, -0.05) is 40.6 Å². The highest BCUT2D eigenvalue weighted by Crippen LogP contribution is 2.31. The zero-order valence-corrected chi connectivity index (χ0v) is 10.1. The molecular formula is C10H5Cl2NO2S. The van der Waals surface area contributed by atoms with Crippen molar-refractivity contribution < 1.29 is 9.53 Å². The molecule has 0 aliphatic rings. The van der Waals surface area contributed by atoms with E-state index in [1.165, 1.54) is 0 Å². The van der Waals surface area contributed by atoms with Crippen LogP contribution in [0.3, 0.4) is 0 Å². The Balaban J connectivity index is 2.23. The van der Waals surface area contributed by atoms with Crippen LogP contribution in [0.4, 0.5) is 0 Å². The smallest absolute Gasteiger partial charge is 0.280 e. The lowest BCUT2D eigenvalue weighted by molar-refractivity contribution is 0.112. The van der Waals surface area contributed by atoms with Gasteiger partial charge in [0.1, 0.15) is 10.6 Å². The van der Waals surface area contributed by atoms with Crippen molar-refractivity contribution in [2.45, 2.75) is 0 Å². The van der Waals surface area contributed by atoms with Crippen molar-refractivity contribution in [1.29, 1.82) is 0 Å². The molecule has 1 aromatic carbocycles. The predicted octanol–water partition coefficient (Wildman–Crippen LogP) is 4.05. The molecule has 0 bridgehead atoms. The van der Waals surface area contributed by atoms with Gasteiger partial charge < -0.3 is 4.74 Å². The van der Waals surface area contributed by atoms with E-state index in [1.54, 1.807) is 24.3 Å². The van der Waals surface area contributed by atoms with Crippen LogP contribution in [0.25, 0.3) is 0 Å². The molecule has 0 fully saturated rings. The number of benzene rings is 1. The van der Waals surface area contributed by atoms with Gasteiger partial charge in [0, 0.05) is 5.02 Å². The van der Waals surface area contributed by atoms with E-state index in [4.69, 9.17) is 27.9 Å². The minimum Gasteiger partial charge on any atom is -0.431 e. The van der Waals surface area contributed by atoms with Crippen LogP contribution in [-0.2, 0) is 0 Å². The molecule has 0 spiro atoms. The first kappa shape index (κ1) is 11.4. The molecule has 0 N–H and O–H groups in total. The molecule has 1 aromatic heterocycles. The molecular weight excluding hydrogens is 269 g/mol. The van der Waals surface area contributed by atoms with Crippen molar-refractivity contribution in [3.8, 4) is 10.9 Å². The topological polar surface area (TPSA) is 39.2 Å². The number of ether oxygens (including phenoxy) is 1. The van der Waals surface area contributed by atoms with Crippen LogP contribution in [0, 0.1) is 0 Å². The summed E-state index contributed by atoms with van der Waals surface area (Å²) in [6.45, 7) is 0. The standard InChI is InChI=1S/C10H5Cl2NO2S/c11-6-2-1-3-7(4-6)15-10-13-9(12)8(5-14)16-10/h1-5H. The molecule has 16 heavy (non-hydrogen) atoms. The van der Waals surface area contributed by atoms with Gasteiger partial charge in [-0.3, -0.25) is 4.79 Å². The molecule has 2 aromatic rings. The monoisotopic (exact) mass is 273 g/mol. The van der Waals surface area contributed by atoms with Crippen molar-refractivity contribution >= 4 is 40.8 Å². The number of aldehydes is 1. The fourth-order valence-electron chi connectivity index (χ4n) is 1.04. The molecule has 0 amide bonds. The lowest BCUT2D eigenvalue weighted by atomic mass is 10.3. The minimum absolute atomic E-state index is 0.150. The first-order chi connectivity index (χ1) is 7.69. The molecule has 1 heterocycles. The van der Waals surface area contributed by atoms with E-state index < -0.39 is 0 Å². The molecule has 0 aliphatic heterocycles. The van der Waals surface area contributed by atoms with E-state index in [-0.39, 0.29) is 5.15 Å². The average molecular weight is 274 g/mol. The van der Waals surface area contributed by atoms with Gasteiger partial charge in [-0.25, -0.2) is 0 Å². The van der Waals surface area contributed by atoms with Gasteiger partial charge >= 0.3 is 0 Å². The largest absolute Gasteiger partial charge is 0.431 e. The predicted molar refractivity (Wildman–Crippen MR) is 64.0 cm³/mol. The summed E-state index contributed by atoms with van der Waals surface area (Å²) >= 11 is 12.6. The van der Waals surface area contributed by atoms with Crippen molar-refractivity contribution in [3.05, 3.63) is 39.3 Å². The van der Waals surface area contributed by atoms with Gasteiger partial charge in [0.05, 0.1) is 0 Å². The molecule has 0 saturated heterocycles. The molecule has 82 valence electrons. The Morgan fingerprint density at radius 3 is 2.81 bits per heavy atom. The second-order valence-electron chi connectivity index (χ2n) is 2.81. The Labute approximate surface area is 106 Å². The number of aromatic nitrogens is 1. The van der Waals surface area contributed by atoms with Crippen LogP contribution >= 0.6 is 34.5 Å². The zero-order chi connectivity index (χ0) is 11.5. The number of rotatable bonds is 3. The molecule has 6 heteroatoms. The van der Waals surface area contributed by atoms with Crippen LogP contribution in [0.5, 0.6) is 10.9 Å². The third-order valence-electron chi connectivity index (χ3n) is 1.70. The van der Waals surface area contributed by atoms with Crippen molar-refractivity contribution in [3.63, 3.8) is 0 Å². The first-order valence-electron chi connectivity index (χ1n) is 4.24. The lowest BCUT2D eigenvalue weighted by Gasteiger charge is -2.00. The Kier molecular flexibility index (Phi) is 3.43. The number of halogens is 2. The summed E-state index contributed by atoms with van der Waals surface area (Å²) in [6, 6.07) is 6.88. The number of thiazole rings is 1. The van der Waals surface area contributed by atoms with E-state index in [0.717, 1.165) is 11.3 Å². The maximum absolute atomic E-state index is 10.6. The number of nitrogens with zero attached hydrogens (tertiary/aromatic N) is 1. The summed E-state index contributed by atoms with van der Waals surface area (Å²) in [5.41, 5.74) is 0. The SMILES string of the molecule is O=Cc1sc(Oc2cccc(Cl)c2)nc1Cl. The molecule has 0 radical (unpaired) electrons. The normalized spacial score (nSPS) is 10.1. The molecule has 3 nitrogen and oxygen atoms in total. The number of carbonyl (C=O) groups excluding carboxylic acids is 1. The third kappa shape index (κ3) is 2.52. The first-order valence-corrected chi connectivity index (χ1v) is 5.81. The van der Waals surface area contributed by atoms with E-state index >= 15 is 0 Å². The van der Waals surface area contributed by atoms with E-state index in [1.807, 2.05) is 0 Å². The Morgan fingerprint density at radius 2 is 2.19 bits per heavy atom. The van der Waals surface area contributed by atoms with Gasteiger partial charge in [0.15, 0.2) is 11.4 Å². The summed E-state index contributed by atoms with van der Waals surface area (Å²) in [4.78, 5) is 14.8. The summed E-state index contributed by atoms with van der Waals surface area (Å²) in [7, 11) is 0. The highest BCUT2D eigenvalue weighted by molar-refractivity contribution is 7.15. The summed E-state index contributed by atoms with van der Waals surface area (Å²) < 4.78 is 5.40. The number of hydrogen-bond acceptors (Lipinski definition) is 4. The maximum atomic E-state index is 10.6. The second kappa shape index (κ2) is 4.82. The number of carbonyl (C=O) groups is 1. The lowest BCUT2D eigenvalue weighted by Crippen LogP contribution is -1.81.